The van der Waals surface area contributed by atoms with Gasteiger partial charge in [0.15, 0.2) is 15.4 Å². The molecule has 0 aliphatic rings. The number of anilines is 1. The molecule has 7 nitrogen and oxygen atoms in total. The van der Waals surface area contributed by atoms with Gasteiger partial charge in [-0.25, -0.2) is 12.8 Å². The number of nitriles is 1. The van der Waals surface area contributed by atoms with Gasteiger partial charge in [0.25, 0.3) is 5.91 Å². The van der Waals surface area contributed by atoms with Crippen LogP contribution in [-0.2, 0) is 20.2 Å². The second kappa shape index (κ2) is 9.22. The first kappa shape index (κ1) is 22.6. The number of rotatable bonds is 8. The molecule has 1 atom stereocenters. The van der Waals surface area contributed by atoms with Crippen LogP contribution in [0.1, 0.15) is 18.1 Å². The van der Waals surface area contributed by atoms with Crippen LogP contribution in [0.5, 0.6) is 5.75 Å². The number of nitrogens with zero attached hydrogens (tertiary/aromatic N) is 1. The smallest absolute Gasteiger partial charge is 0.262 e. The number of benzene rings is 2. The monoisotopic (exact) mass is 440 g/mol. The van der Waals surface area contributed by atoms with Gasteiger partial charge in [0.05, 0.1) is 16.3 Å². The number of carbonyl (C=O) groups excluding carboxylic acids is 1. The quantitative estimate of drug-likeness (QED) is 0.652. The molecular weight excluding hydrogens is 423 g/mol. The van der Waals surface area contributed by atoms with Gasteiger partial charge in [-0.05, 0) is 35.9 Å². The zero-order chi connectivity index (χ0) is 21.7. The third-order valence-corrected chi connectivity index (χ3v) is 6.17. The molecule has 29 heavy (non-hydrogen) atoms. The third-order valence-electron chi connectivity index (χ3n) is 4.12. The summed E-state index contributed by atoms with van der Waals surface area (Å²) >= 11 is 5.94. The SMILES string of the molecule is CCS(=O)(=O)CC(O)(C(=O)Nc1ccc(C#N)c(Cl)c1)c1cccc(OCF)c1. The molecule has 0 heterocycles. The maximum atomic E-state index is 12.9. The van der Waals surface area contributed by atoms with Crippen molar-refractivity contribution in [2.45, 2.75) is 12.5 Å². The molecule has 0 aromatic heterocycles. The van der Waals surface area contributed by atoms with E-state index in [2.05, 4.69) is 5.32 Å². The molecule has 0 saturated carbocycles. The highest BCUT2D eigenvalue weighted by Crippen LogP contribution is 2.29. The lowest BCUT2D eigenvalue weighted by Gasteiger charge is -2.27. The number of amides is 1. The fourth-order valence-corrected chi connectivity index (χ4v) is 3.89. The van der Waals surface area contributed by atoms with Gasteiger partial charge in [-0.2, -0.15) is 5.26 Å². The largest absolute Gasteiger partial charge is 0.463 e. The standard InChI is InChI=1S/C19H18ClFN2O5S/c1-2-29(26,27)11-19(25,14-4-3-5-16(8-14)28-12-21)18(24)23-15-7-6-13(10-22)17(20)9-15/h3-9,25H,2,11-12H2,1H3,(H,23,24). The summed E-state index contributed by atoms with van der Waals surface area (Å²) < 4.78 is 41.6. The predicted octanol–water partition coefficient (Wildman–Crippen LogP) is 2.78. The Morgan fingerprint density at radius 3 is 2.66 bits per heavy atom. The normalized spacial score (nSPS) is 13.2. The van der Waals surface area contributed by atoms with E-state index in [0.29, 0.717) is 0 Å². The molecule has 1 unspecified atom stereocenters. The van der Waals surface area contributed by atoms with E-state index in [1.807, 2.05) is 6.07 Å². The summed E-state index contributed by atoms with van der Waals surface area (Å²) in [5.41, 5.74) is -2.23. The van der Waals surface area contributed by atoms with E-state index in [4.69, 9.17) is 21.6 Å². The van der Waals surface area contributed by atoms with Crippen LogP contribution < -0.4 is 10.1 Å². The summed E-state index contributed by atoms with van der Waals surface area (Å²) in [6, 6.07) is 11.3. The second-order valence-corrected chi connectivity index (χ2v) is 8.84. The summed E-state index contributed by atoms with van der Waals surface area (Å²) in [5.74, 6) is -2.21. The van der Waals surface area contributed by atoms with E-state index < -0.39 is 34.0 Å². The number of carbonyl (C=O) groups is 1. The zero-order valence-corrected chi connectivity index (χ0v) is 16.9. The van der Waals surface area contributed by atoms with Crippen LogP contribution in [0.2, 0.25) is 5.02 Å². The molecule has 0 fully saturated rings. The van der Waals surface area contributed by atoms with E-state index in [1.54, 1.807) is 0 Å². The van der Waals surface area contributed by atoms with Gasteiger partial charge in [-0.15, -0.1) is 0 Å². The van der Waals surface area contributed by atoms with Crippen LogP contribution in [0.4, 0.5) is 10.1 Å². The number of sulfone groups is 1. The maximum absolute atomic E-state index is 12.9. The molecule has 2 aromatic rings. The molecule has 0 saturated heterocycles. The van der Waals surface area contributed by atoms with Gasteiger partial charge < -0.3 is 15.2 Å². The number of hydrogen-bond acceptors (Lipinski definition) is 6. The number of nitrogens with one attached hydrogen (secondary N) is 1. The average molecular weight is 441 g/mol. The molecule has 0 aliphatic heterocycles. The van der Waals surface area contributed by atoms with Crippen molar-refractivity contribution in [3.8, 4) is 11.8 Å². The van der Waals surface area contributed by atoms with Gasteiger partial charge in [0.2, 0.25) is 6.86 Å². The Balaban J connectivity index is 2.47. The lowest BCUT2D eigenvalue weighted by molar-refractivity contribution is -0.132. The van der Waals surface area contributed by atoms with E-state index in [0.717, 1.165) is 0 Å². The minimum Gasteiger partial charge on any atom is -0.463 e. The fraction of sp³-hybridized carbons (Fsp3) is 0.263. The second-order valence-electron chi connectivity index (χ2n) is 6.08. The predicted molar refractivity (Wildman–Crippen MR) is 106 cm³/mol. The molecule has 0 spiro atoms. The highest BCUT2D eigenvalue weighted by molar-refractivity contribution is 7.91. The van der Waals surface area contributed by atoms with E-state index in [-0.39, 0.29) is 33.3 Å². The number of halogens is 2. The molecule has 1 amide bonds. The summed E-state index contributed by atoms with van der Waals surface area (Å²) in [6.07, 6.45) is 0. The van der Waals surface area contributed by atoms with E-state index in [1.165, 1.54) is 49.4 Å². The molecule has 2 rings (SSSR count). The van der Waals surface area contributed by atoms with Gasteiger partial charge in [-0.3, -0.25) is 4.79 Å². The van der Waals surface area contributed by atoms with Crippen molar-refractivity contribution < 1.29 is 27.4 Å². The van der Waals surface area contributed by atoms with Crippen LogP contribution in [0, 0.1) is 11.3 Å². The van der Waals surface area contributed by atoms with Gasteiger partial charge in [0.1, 0.15) is 11.8 Å². The molecule has 0 bridgehead atoms. The van der Waals surface area contributed by atoms with E-state index in [9.17, 15) is 22.7 Å². The Bertz CT molecular complexity index is 1050. The van der Waals surface area contributed by atoms with Crippen molar-refractivity contribution in [1.29, 1.82) is 5.26 Å². The van der Waals surface area contributed by atoms with Crippen molar-refractivity contribution in [3.05, 3.63) is 58.6 Å². The topological polar surface area (TPSA) is 116 Å². The molecule has 2 aromatic carbocycles. The van der Waals surface area contributed by atoms with Crippen molar-refractivity contribution in [1.82, 2.24) is 0 Å². The highest BCUT2D eigenvalue weighted by Gasteiger charge is 2.42. The lowest BCUT2D eigenvalue weighted by Crippen LogP contribution is -2.46. The van der Waals surface area contributed by atoms with Crippen molar-refractivity contribution in [2.24, 2.45) is 0 Å². The molecule has 0 aliphatic carbocycles. The average Bonchev–Trinajstić information content (AvgIpc) is 2.68. The molecule has 2 N–H and O–H groups in total. The Hall–Kier alpha value is -2.67. The van der Waals surface area contributed by atoms with Crippen molar-refractivity contribution in [3.63, 3.8) is 0 Å². The summed E-state index contributed by atoms with van der Waals surface area (Å²) in [7, 11) is -3.80. The third kappa shape index (κ3) is 5.44. The summed E-state index contributed by atoms with van der Waals surface area (Å²) in [4.78, 5) is 12.9. The zero-order valence-electron chi connectivity index (χ0n) is 15.4. The van der Waals surface area contributed by atoms with Gasteiger partial charge in [0, 0.05) is 11.4 Å². The number of aliphatic hydroxyl groups is 1. The minimum absolute atomic E-state index is 0.0199. The maximum Gasteiger partial charge on any atom is 0.262 e. The van der Waals surface area contributed by atoms with Crippen LogP contribution in [0.15, 0.2) is 42.5 Å². The Morgan fingerprint density at radius 1 is 1.34 bits per heavy atom. The minimum atomic E-state index is -3.80. The van der Waals surface area contributed by atoms with Crippen LogP contribution in [0.3, 0.4) is 0 Å². The van der Waals surface area contributed by atoms with Crippen molar-refractivity contribution in [2.75, 3.05) is 23.7 Å². The summed E-state index contributed by atoms with van der Waals surface area (Å²) in [5, 5.41) is 22.5. The molecule has 154 valence electrons. The number of ether oxygens (including phenoxy) is 1. The van der Waals surface area contributed by atoms with Gasteiger partial charge in [-0.1, -0.05) is 30.7 Å². The van der Waals surface area contributed by atoms with E-state index >= 15 is 0 Å². The fourth-order valence-electron chi connectivity index (χ4n) is 2.52. The van der Waals surface area contributed by atoms with Gasteiger partial charge >= 0.3 is 0 Å². The van der Waals surface area contributed by atoms with Crippen LogP contribution in [-0.4, -0.2) is 37.8 Å². The first-order chi connectivity index (χ1) is 13.6. The Labute approximate surface area is 172 Å². The van der Waals surface area contributed by atoms with Crippen LogP contribution in [0.25, 0.3) is 0 Å². The molecule has 10 heteroatoms. The first-order valence-electron chi connectivity index (χ1n) is 8.38. The lowest BCUT2D eigenvalue weighted by atomic mass is 9.94. The number of hydrogen-bond donors (Lipinski definition) is 2. The Kier molecular flexibility index (Phi) is 7.19. The first-order valence-corrected chi connectivity index (χ1v) is 10.6. The Morgan fingerprint density at radius 2 is 2.07 bits per heavy atom. The molecule has 0 radical (unpaired) electrons. The highest BCUT2D eigenvalue weighted by atomic mass is 35.5. The van der Waals surface area contributed by atoms with Crippen molar-refractivity contribution >= 4 is 33.0 Å². The molecular formula is C19H18ClFN2O5S. The number of alkyl halides is 1. The summed E-state index contributed by atoms with van der Waals surface area (Å²) in [6.45, 7) is 0.252. The van der Waals surface area contributed by atoms with Crippen LogP contribution >= 0.6 is 11.6 Å².